The molecule has 0 bridgehead atoms. The van der Waals surface area contributed by atoms with Crippen molar-refractivity contribution in [3.8, 4) is 5.75 Å². The molecule has 2 N–H and O–H groups in total. The molecule has 8 heteroatoms. The zero-order valence-corrected chi connectivity index (χ0v) is 12.8. The van der Waals surface area contributed by atoms with E-state index in [2.05, 4.69) is 14.7 Å². The van der Waals surface area contributed by atoms with Crippen molar-refractivity contribution in [2.45, 2.75) is 0 Å². The summed E-state index contributed by atoms with van der Waals surface area (Å²) in [4.78, 5) is 7.03. The van der Waals surface area contributed by atoms with Crippen LogP contribution in [0.1, 0.15) is 0 Å². The van der Waals surface area contributed by atoms with Crippen molar-refractivity contribution < 1.29 is 17.5 Å². The second-order valence-electron chi connectivity index (χ2n) is 4.83. The van der Waals surface area contributed by atoms with Crippen LogP contribution in [0.5, 0.6) is 5.75 Å². The molecule has 0 radical (unpaired) electrons. The first-order valence-corrected chi connectivity index (χ1v) is 8.51. The third-order valence-electron chi connectivity index (χ3n) is 3.08. The number of ether oxygens (including phenoxy) is 1. The molecule has 0 aliphatic rings. The number of H-pyrrole nitrogens is 1. The van der Waals surface area contributed by atoms with Crippen LogP contribution in [-0.4, -0.2) is 30.7 Å². The van der Waals surface area contributed by atoms with Crippen molar-refractivity contribution in [3.05, 3.63) is 54.3 Å². The van der Waals surface area contributed by atoms with Crippen LogP contribution in [0.15, 0.2) is 48.5 Å². The van der Waals surface area contributed by atoms with Gasteiger partial charge in [0.25, 0.3) is 0 Å². The fraction of sp³-hybridized carbons (Fsp3) is 0.133. The second kappa shape index (κ2) is 6.25. The molecule has 0 unspecified atom stereocenters. The summed E-state index contributed by atoms with van der Waals surface area (Å²) in [5.74, 6) is -0.0589. The second-order valence-corrected chi connectivity index (χ2v) is 6.67. The minimum atomic E-state index is -3.60. The number of nitrogens with zero attached hydrogens (tertiary/aromatic N) is 1. The Morgan fingerprint density at radius 1 is 1.13 bits per heavy atom. The van der Waals surface area contributed by atoms with E-state index in [9.17, 15) is 12.8 Å². The monoisotopic (exact) mass is 335 g/mol. The zero-order chi connectivity index (χ0) is 16.3. The van der Waals surface area contributed by atoms with Gasteiger partial charge in [-0.25, -0.2) is 17.8 Å². The van der Waals surface area contributed by atoms with Crippen LogP contribution in [0.3, 0.4) is 0 Å². The van der Waals surface area contributed by atoms with Gasteiger partial charge in [-0.05, 0) is 36.4 Å². The van der Waals surface area contributed by atoms with Gasteiger partial charge in [-0.15, -0.1) is 0 Å². The van der Waals surface area contributed by atoms with Crippen molar-refractivity contribution in [1.29, 1.82) is 0 Å². The van der Waals surface area contributed by atoms with Gasteiger partial charge in [0.05, 0.1) is 11.0 Å². The summed E-state index contributed by atoms with van der Waals surface area (Å²) in [5, 5.41) is 0. The van der Waals surface area contributed by atoms with E-state index in [1.807, 2.05) is 12.1 Å². The number of fused-ring (bicyclic) bond motifs is 1. The lowest BCUT2D eigenvalue weighted by molar-refractivity contribution is 0.340. The summed E-state index contributed by atoms with van der Waals surface area (Å²) >= 11 is 0. The Labute approximate surface area is 132 Å². The SMILES string of the molecule is O=S(=O)(CCOc1ccc(F)cc1)Nc1nc2ccccc2[nH]1. The van der Waals surface area contributed by atoms with Crippen LogP contribution < -0.4 is 9.46 Å². The van der Waals surface area contributed by atoms with Crippen molar-refractivity contribution in [2.24, 2.45) is 0 Å². The fourth-order valence-electron chi connectivity index (χ4n) is 2.00. The smallest absolute Gasteiger partial charge is 0.238 e. The number of nitrogens with one attached hydrogen (secondary N) is 2. The number of para-hydroxylation sites is 2. The van der Waals surface area contributed by atoms with Gasteiger partial charge in [-0.1, -0.05) is 12.1 Å². The third kappa shape index (κ3) is 3.98. The Balaban J connectivity index is 1.59. The Bertz CT molecular complexity index is 874. The van der Waals surface area contributed by atoms with Crippen molar-refractivity contribution in [2.75, 3.05) is 17.1 Å². The molecule has 3 aromatic rings. The highest BCUT2D eigenvalue weighted by molar-refractivity contribution is 7.92. The molecule has 1 aromatic heterocycles. The molecule has 3 rings (SSSR count). The molecule has 1 heterocycles. The van der Waals surface area contributed by atoms with Gasteiger partial charge >= 0.3 is 0 Å². The van der Waals surface area contributed by atoms with Gasteiger partial charge in [-0.3, -0.25) is 4.72 Å². The molecule has 0 saturated heterocycles. The predicted molar refractivity (Wildman–Crippen MR) is 85.4 cm³/mol. The summed E-state index contributed by atoms with van der Waals surface area (Å²) in [6.45, 7) is -0.0544. The molecule has 0 spiro atoms. The van der Waals surface area contributed by atoms with Crippen molar-refractivity contribution >= 4 is 27.0 Å². The normalized spacial score (nSPS) is 11.5. The number of anilines is 1. The number of hydrogen-bond acceptors (Lipinski definition) is 4. The van der Waals surface area contributed by atoms with Crippen molar-refractivity contribution in [3.63, 3.8) is 0 Å². The molecule has 0 atom stereocenters. The predicted octanol–water partition coefficient (Wildman–Crippen LogP) is 2.52. The Morgan fingerprint density at radius 3 is 2.61 bits per heavy atom. The topological polar surface area (TPSA) is 84.1 Å². The van der Waals surface area contributed by atoms with Crippen molar-refractivity contribution in [1.82, 2.24) is 9.97 Å². The van der Waals surface area contributed by atoms with E-state index in [0.29, 0.717) is 11.3 Å². The number of sulfonamides is 1. The van der Waals surface area contributed by atoms with E-state index >= 15 is 0 Å². The first-order chi connectivity index (χ1) is 11.0. The number of imidazole rings is 1. The number of benzene rings is 2. The lowest BCUT2D eigenvalue weighted by atomic mass is 10.3. The highest BCUT2D eigenvalue weighted by Crippen LogP contribution is 2.15. The molecule has 23 heavy (non-hydrogen) atoms. The van der Waals surface area contributed by atoms with Crippen LogP contribution in [0.2, 0.25) is 0 Å². The number of halogens is 1. The fourth-order valence-corrected chi connectivity index (χ4v) is 2.80. The average Bonchev–Trinajstić information content (AvgIpc) is 2.90. The molecule has 2 aromatic carbocycles. The maximum Gasteiger partial charge on any atom is 0.238 e. The van der Waals surface area contributed by atoms with Gasteiger partial charge in [-0.2, -0.15) is 0 Å². The first-order valence-electron chi connectivity index (χ1n) is 6.85. The van der Waals surface area contributed by atoms with Gasteiger partial charge in [0.2, 0.25) is 16.0 Å². The maximum absolute atomic E-state index is 12.8. The Hall–Kier alpha value is -2.61. The van der Waals surface area contributed by atoms with Crippen LogP contribution in [0.4, 0.5) is 10.3 Å². The van der Waals surface area contributed by atoms with E-state index in [-0.39, 0.29) is 24.1 Å². The number of aromatic nitrogens is 2. The summed E-state index contributed by atoms with van der Waals surface area (Å²) in [6, 6.07) is 12.6. The van der Waals surface area contributed by atoms with Gasteiger partial charge < -0.3 is 9.72 Å². The molecule has 0 saturated carbocycles. The lowest BCUT2D eigenvalue weighted by Crippen LogP contribution is -2.21. The molecule has 6 nitrogen and oxygen atoms in total. The average molecular weight is 335 g/mol. The van der Waals surface area contributed by atoms with E-state index < -0.39 is 10.0 Å². The first kappa shape index (κ1) is 15.3. The van der Waals surface area contributed by atoms with E-state index in [0.717, 1.165) is 5.52 Å². The molecule has 0 fully saturated rings. The molecule has 0 aliphatic carbocycles. The molecular weight excluding hydrogens is 321 g/mol. The van der Waals surface area contributed by atoms with Gasteiger partial charge in [0, 0.05) is 0 Å². The highest BCUT2D eigenvalue weighted by Gasteiger charge is 2.13. The number of aromatic amines is 1. The largest absolute Gasteiger partial charge is 0.492 e. The number of rotatable bonds is 6. The van der Waals surface area contributed by atoms with E-state index in [1.54, 1.807) is 12.1 Å². The summed E-state index contributed by atoms with van der Waals surface area (Å²) in [6.07, 6.45) is 0. The molecule has 0 amide bonds. The number of hydrogen-bond donors (Lipinski definition) is 2. The summed E-state index contributed by atoms with van der Waals surface area (Å²) in [5.41, 5.74) is 1.42. The maximum atomic E-state index is 12.8. The van der Waals surface area contributed by atoms with Crippen LogP contribution in [0, 0.1) is 5.82 Å². The quantitative estimate of drug-likeness (QED) is 0.725. The van der Waals surface area contributed by atoms with Crippen LogP contribution in [0.25, 0.3) is 11.0 Å². The van der Waals surface area contributed by atoms with Gasteiger partial charge in [0.1, 0.15) is 23.9 Å². The Kier molecular flexibility index (Phi) is 4.16. The molecular formula is C15H14FN3O3S. The minimum absolute atomic E-state index is 0.0544. The summed E-state index contributed by atoms with van der Waals surface area (Å²) in [7, 11) is -3.60. The highest BCUT2D eigenvalue weighted by atomic mass is 32.2. The van der Waals surface area contributed by atoms with Gasteiger partial charge in [0.15, 0.2) is 0 Å². The summed E-state index contributed by atoms with van der Waals surface area (Å²) < 4.78 is 44.4. The molecule has 120 valence electrons. The minimum Gasteiger partial charge on any atom is -0.492 e. The third-order valence-corrected chi connectivity index (χ3v) is 4.28. The Morgan fingerprint density at radius 2 is 1.87 bits per heavy atom. The van der Waals surface area contributed by atoms with Crippen LogP contribution in [-0.2, 0) is 10.0 Å². The molecule has 0 aliphatic heterocycles. The standard InChI is InChI=1S/C15H14FN3O3S/c16-11-5-7-12(8-6-11)22-9-10-23(20,21)19-15-17-13-3-1-2-4-14(13)18-15/h1-8H,9-10H2,(H2,17,18,19). The van der Waals surface area contributed by atoms with E-state index in [4.69, 9.17) is 4.74 Å². The van der Waals surface area contributed by atoms with Crippen LogP contribution >= 0.6 is 0 Å². The van der Waals surface area contributed by atoms with E-state index in [1.165, 1.54) is 24.3 Å². The lowest BCUT2D eigenvalue weighted by Gasteiger charge is -2.07. The zero-order valence-electron chi connectivity index (χ0n) is 12.0.